The molecule has 1 aliphatic carbocycles. The average Bonchev–Trinajstić information content (AvgIpc) is 3.18. The highest BCUT2D eigenvalue weighted by atomic mass is 15.1. The molecule has 1 aliphatic heterocycles. The summed E-state index contributed by atoms with van der Waals surface area (Å²) in [5.41, 5.74) is 12.5. The van der Waals surface area contributed by atoms with Crippen molar-refractivity contribution in [3.63, 3.8) is 0 Å². The maximum absolute atomic E-state index is 4.55. The normalized spacial score (nSPS) is 19.8. The van der Waals surface area contributed by atoms with Crippen LogP contribution in [0.5, 0.6) is 0 Å². The van der Waals surface area contributed by atoms with Gasteiger partial charge in [0.05, 0.1) is 0 Å². The van der Waals surface area contributed by atoms with Gasteiger partial charge in [-0.15, -0.1) is 6.58 Å². The molecule has 0 N–H and O–H groups in total. The van der Waals surface area contributed by atoms with Crippen LogP contribution in [0.2, 0.25) is 0 Å². The molecule has 2 aromatic rings. The molecule has 2 aromatic carbocycles. The number of piperidine rings is 1. The molecule has 0 spiro atoms. The van der Waals surface area contributed by atoms with Crippen LogP contribution in [-0.2, 0) is 6.42 Å². The maximum Gasteiger partial charge on any atom is 0.0236 e. The molecule has 4 rings (SSSR count). The van der Waals surface area contributed by atoms with Crippen LogP contribution in [0.1, 0.15) is 80.2 Å². The van der Waals surface area contributed by atoms with Crippen LogP contribution in [0.4, 0.5) is 0 Å². The number of benzene rings is 2. The molecular weight excluding hydrogens is 434 g/mol. The summed E-state index contributed by atoms with van der Waals surface area (Å²) >= 11 is 0. The number of rotatable bonds is 9. The van der Waals surface area contributed by atoms with Gasteiger partial charge in [0, 0.05) is 6.54 Å². The van der Waals surface area contributed by atoms with Crippen LogP contribution in [0.3, 0.4) is 0 Å². The Morgan fingerprint density at radius 2 is 1.81 bits per heavy atom. The third-order valence-corrected chi connectivity index (χ3v) is 8.66. The van der Waals surface area contributed by atoms with Crippen molar-refractivity contribution in [2.45, 2.75) is 65.7 Å². The monoisotopic (exact) mass is 479 g/mol. The van der Waals surface area contributed by atoms with E-state index in [2.05, 4.69) is 101 Å². The van der Waals surface area contributed by atoms with Gasteiger partial charge in [0.2, 0.25) is 0 Å². The van der Waals surface area contributed by atoms with Gasteiger partial charge in [-0.05, 0) is 130 Å². The first-order chi connectivity index (χ1) is 17.3. The summed E-state index contributed by atoms with van der Waals surface area (Å²) in [7, 11) is 0. The molecule has 1 nitrogen and oxygen atoms in total. The second-order valence-corrected chi connectivity index (χ2v) is 11.4. The first kappa shape index (κ1) is 26.4. The topological polar surface area (TPSA) is 3.24 Å². The van der Waals surface area contributed by atoms with E-state index in [-0.39, 0.29) is 0 Å². The van der Waals surface area contributed by atoms with Gasteiger partial charge in [0.25, 0.3) is 0 Å². The van der Waals surface area contributed by atoms with Crippen molar-refractivity contribution < 1.29 is 0 Å². The van der Waals surface area contributed by atoms with E-state index in [0.717, 1.165) is 25.8 Å². The number of hydrogen-bond acceptors (Lipinski definition) is 1. The summed E-state index contributed by atoms with van der Waals surface area (Å²) < 4.78 is 0. The summed E-state index contributed by atoms with van der Waals surface area (Å²) in [6.07, 6.45) is 8.08. The van der Waals surface area contributed by atoms with Crippen LogP contribution >= 0.6 is 0 Å². The van der Waals surface area contributed by atoms with E-state index < -0.39 is 0 Å². The van der Waals surface area contributed by atoms with E-state index in [0.29, 0.717) is 17.8 Å². The molecule has 190 valence electrons. The van der Waals surface area contributed by atoms with Crippen molar-refractivity contribution in [1.82, 2.24) is 4.90 Å². The van der Waals surface area contributed by atoms with Crippen molar-refractivity contribution in [1.29, 1.82) is 0 Å². The van der Waals surface area contributed by atoms with Gasteiger partial charge in [-0.25, -0.2) is 0 Å². The third-order valence-electron chi connectivity index (χ3n) is 8.66. The number of allylic oxidation sites excluding steroid dienone is 4. The minimum atomic E-state index is 0.481. The lowest BCUT2D eigenvalue weighted by Gasteiger charge is -2.33. The molecule has 0 radical (unpaired) electrons. The molecule has 0 bridgehead atoms. The van der Waals surface area contributed by atoms with Gasteiger partial charge in [-0.3, -0.25) is 4.90 Å². The molecule has 1 fully saturated rings. The Morgan fingerprint density at radius 1 is 1.08 bits per heavy atom. The fourth-order valence-corrected chi connectivity index (χ4v) is 6.42. The Hall–Kier alpha value is -2.64. The maximum atomic E-state index is 4.55. The number of aryl methyl sites for hydroxylation is 1. The molecule has 0 aromatic heterocycles. The van der Waals surface area contributed by atoms with Gasteiger partial charge in [0.15, 0.2) is 0 Å². The molecular formula is C35H45N. The largest absolute Gasteiger partial charge is 0.299 e. The molecule has 2 atom stereocenters. The Bertz CT molecular complexity index is 1150. The van der Waals surface area contributed by atoms with Crippen LogP contribution in [-0.4, -0.2) is 24.5 Å². The summed E-state index contributed by atoms with van der Waals surface area (Å²) in [4.78, 5) is 2.64. The molecule has 1 saturated heterocycles. The zero-order valence-electron chi connectivity index (χ0n) is 23.1. The fraction of sp³-hybridized carbons (Fsp3) is 0.429. The van der Waals surface area contributed by atoms with Crippen molar-refractivity contribution in [2.24, 2.45) is 11.8 Å². The highest BCUT2D eigenvalue weighted by molar-refractivity contribution is 5.74. The predicted molar refractivity (Wildman–Crippen MR) is 158 cm³/mol. The standard InChI is InChI=1S/C35H45N/c1-8-28(33-12-10-9-11-26(33)6)23-36-19-17-29(18-20-36)30-14-16-34-27(7)35(22-31(34)21-30)32(25(4)5)15-13-24(2)3/h8-12,14,16,21,29,32,35H,2,4,7,13,15,17-20,22-23H2,1,3,5-6H3/b28-8-. The Morgan fingerprint density at radius 3 is 2.44 bits per heavy atom. The number of likely N-dealkylation sites (tertiary alicyclic amines) is 1. The zero-order valence-corrected chi connectivity index (χ0v) is 23.1. The number of hydrogen-bond donors (Lipinski definition) is 0. The minimum absolute atomic E-state index is 0.481. The quantitative estimate of drug-likeness (QED) is 0.324. The van der Waals surface area contributed by atoms with Crippen molar-refractivity contribution in [2.75, 3.05) is 19.6 Å². The second kappa shape index (κ2) is 11.6. The smallest absolute Gasteiger partial charge is 0.0236 e. The van der Waals surface area contributed by atoms with Crippen LogP contribution < -0.4 is 0 Å². The van der Waals surface area contributed by atoms with Crippen molar-refractivity contribution in [3.05, 3.63) is 107 Å². The third kappa shape index (κ3) is 5.84. The number of fused-ring (bicyclic) bond motifs is 1. The average molecular weight is 480 g/mol. The van der Waals surface area contributed by atoms with E-state index in [1.165, 1.54) is 76.0 Å². The first-order valence-electron chi connectivity index (χ1n) is 13.8. The lowest BCUT2D eigenvalue weighted by molar-refractivity contribution is 0.235. The molecule has 1 heteroatoms. The highest BCUT2D eigenvalue weighted by Crippen LogP contribution is 2.45. The lowest BCUT2D eigenvalue weighted by Crippen LogP contribution is -2.34. The van der Waals surface area contributed by atoms with E-state index in [4.69, 9.17) is 0 Å². The zero-order chi connectivity index (χ0) is 25.8. The molecule has 1 heterocycles. The second-order valence-electron chi connectivity index (χ2n) is 11.4. The van der Waals surface area contributed by atoms with Gasteiger partial charge >= 0.3 is 0 Å². The van der Waals surface area contributed by atoms with Gasteiger partial charge in [0.1, 0.15) is 0 Å². The van der Waals surface area contributed by atoms with Gasteiger partial charge < -0.3 is 0 Å². The van der Waals surface area contributed by atoms with Gasteiger partial charge in [-0.1, -0.05) is 72.8 Å². The Balaban J connectivity index is 1.39. The van der Waals surface area contributed by atoms with Crippen molar-refractivity contribution >= 4 is 11.1 Å². The molecule has 2 aliphatic rings. The summed E-state index contributed by atoms with van der Waals surface area (Å²) in [5.74, 6) is 1.63. The SMILES string of the molecule is C=C(C)CCC(C(=C)C)C1Cc2cc(C3CCN(C/C(=C/C)c4ccccc4C)CC3)ccc2C1=C. The lowest BCUT2D eigenvalue weighted by atomic mass is 9.79. The Kier molecular flexibility index (Phi) is 8.52. The van der Waals surface area contributed by atoms with E-state index in [1.54, 1.807) is 0 Å². The van der Waals surface area contributed by atoms with Crippen LogP contribution in [0.15, 0.2) is 79.4 Å². The fourth-order valence-electron chi connectivity index (χ4n) is 6.42. The van der Waals surface area contributed by atoms with Gasteiger partial charge in [-0.2, -0.15) is 0 Å². The summed E-state index contributed by atoms with van der Waals surface area (Å²) in [6, 6.07) is 16.0. The number of nitrogens with zero attached hydrogens (tertiary/aromatic N) is 1. The predicted octanol–water partition coefficient (Wildman–Crippen LogP) is 9.01. The molecule has 2 unspecified atom stereocenters. The van der Waals surface area contributed by atoms with Crippen LogP contribution in [0.25, 0.3) is 11.1 Å². The molecule has 0 amide bonds. The first-order valence-corrected chi connectivity index (χ1v) is 13.8. The molecule has 0 saturated carbocycles. The molecule has 36 heavy (non-hydrogen) atoms. The van der Waals surface area contributed by atoms with E-state index in [9.17, 15) is 0 Å². The summed E-state index contributed by atoms with van der Waals surface area (Å²) in [6.45, 7) is 25.1. The van der Waals surface area contributed by atoms with E-state index >= 15 is 0 Å². The highest BCUT2D eigenvalue weighted by Gasteiger charge is 2.33. The Labute approximate surface area is 220 Å². The minimum Gasteiger partial charge on any atom is -0.299 e. The van der Waals surface area contributed by atoms with Crippen molar-refractivity contribution in [3.8, 4) is 0 Å². The summed E-state index contributed by atoms with van der Waals surface area (Å²) in [5, 5.41) is 0. The van der Waals surface area contributed by atoms with Crippen LogP contribution in [0, 0.1) is 18.8 Å². The van der Waals surface area contributed by atoms with E-state index in [1.807, 2.05) is 0 Å².